The van der Waals surface area contributed by atoms with Crippen LogP contribution in [0.25, 0.3) is 11.0 Å². The Balaban J connectivity index is 1.31. The number of rotatable bonds is 7. The number of nitrogens with zero attached hydrogens (tertiary/aromatic N) is 1. The molecule has 35 heavy (non-hydrogen) atoms. The standard InChI is InChI=1S/C27H28N2O5S/c1-32-21-4-6-24(33-2)22(15-21)28-26(30)25-14-19-13-20(3-5-23(19)34-25)27(31)8-10-29(11-9-27)16-18-7-12-35-17-18/h3-7,12-15,17,31H,8-11,16H2,1-2H3,(H,28,30). The molecule has 1 fully saturated rings. The maximum absolute atomic E-state index is 12.9. The van der Waals surface area contributed by atoms with E-state index in [0.29, 0.717) is 35.6 Å². The van der Waals surface area contributed by atoms with Crippen LogP contribution in [-0.4, -0.2) is 43.2 Å². The number of thiophene rings is 1. The molecule has 5 rings (SSSR count). The van der Waals surface area contributed by atoms with Gasteiger partial charge in [0.25, 0.3) is 5.91 Å². The van der Waals surface area contributed by atoms with Gasteiger partial charge in [-0.1, -0.05) is 6.07 Å². The van der Waals surface area contributed by atoms with Crippen molar-refractivity contribution in [3.8, 4) is 11.5 Å². The molecule has 1 aliphatic heterocycles. The lowest BCUT2D eigenvalue weighted by Crippen LogP contribution is -2.42. The third-order valence-electron chi connectivity index (χ3n) is 6.60. The number of amides is 1. The minimum atomic E-state index is -0.896. The van der Waals surface area contributed by atoms with Crippen LogP contribution < -0.4 is 14.8 Å². The summed E-state index contributed by atoms with van der Waals surface area (Å²) in [7, 11) is 3.10. The molecular weight excluding hydrogens is 464 g/mol. The molecule has 7 nitrogen and oxygen atoms in total. The quantitative estimate of drug-likeness (QED) is 0.367. The third-order valence-corrected chi connectivity index (χ3v) is 7.33. The molecular formula is C27H28N2O5S. The van der Waals surface area contributed by atoms with E-state index in [9.17, 15) is 9.90 Å². The SMILES string of the molecule is COc1ccc(OC)c(NC(=O)c2cc3cc(C4(O)CCN(Cc5ccsc5)CC4)ccc3o2)c1. The average Bonchev–Trinajstić information content (AvgIpc) is 3.55. The first kappa shape index (κ1) is 23.4. The molecule has 1 amide bonds. The Labute approximate surface area is 207 Å². The Bertz CT molecular complexity index is 1320. The first-order valence-electron chi connectivity index (χ1n) is 11.5. The van der Waals surface area contributed by atoms with Crippen molar-refractivity contribution in [2.75, 3.05) is 32.6 Å². The van der Waals surface area contributed by atoms with Gasteiger partial charge in [-0.05, 0) is 71.1 Å². The van der Waals surface area contributed by atoms with Crippen LogP contribution in [0.4, 0.5) is 5.69 Å². The van der Waals surface area contributed by atoms with E-state index in [0.717, 1.165) is 30.6 Å². The number of anilines is 1. The molecule has 0 unspecified atom stereocenters. The summed E-state index contributed by atoms with van der Waals surface area (Å²) >= 11 is 1.71. The largest absolute Gasteiger partial charge is 0.497 e. The number of aliphatic hydroxyl groups is 1. The topological polar surface area (TPSA) is 84.2 Å². The second kappa shape index (κ2) is 9.73. The predicted octanol–water partition coefficient (Wildman–Crippen LogP) is 5.25. The van der Waals surface area contributed by atoms with Gasteiger partial charge in [-0.2, -0.15) is 11.3 Å². The molecule has 4 aromatic rings. The highest BCUT2D eigenvalue weighted by atomic mass is 32.1. The number of hydrogen-bond donors (Lipinski definition) is 2. The molecule has 182 valence electrons. The van der Waals surface area contributed by atoms with E-state index < -0.39 is 11.5 Å². The molecule has 0 radical (unpaired) electrons. The molecule has 0 bridgehead atoms. The second-order valence-electron chi connectivity index (χ2n) is 8.82. The third kappa shape index (κ3) is 4.91. The van der Waals surface area contributed by atoms with Crippen LogP contribution in [0, 0.1) is 0 Å². The highest BCUT2D eigenvalue weighted by molar-refractivity contribution is 7.07. The number of ether oxygens (including phenoxy) is 2. The number of methoxy groups -OCH3 is 2. The van der Waals surface area contributed by atoms with Crippen LogP contribution in [0.1, 0.15) is 34.5 Å². The van der Waals surface area contributed by atoms with E-state index >= 15 is 0 Å². The summed E-state index contributed by atoms with van der Waals surface area (Å²) in [6, 6.07) is 14.7. The van der Waals surface area contributed by atoms with Gasteiger partial charge in [-0.15, -0.1) is 0 Å². The zero-order chi connectivity index (χ0) is 24.4. The smallest absolute Gasteiger partial charge is 0.291 e. The van der Waals surface area contributed by atoms with E-state index in [1.165, 1.54) is 12.7 Å². The van der Waals surface area contributed by atoms with E-state index in [1.807, 2.05) is 18.2 Å². The number of fused-ring (bicyclic) bond motifs is 1. The highest BCUT2D eigenvalue weighted by Gasteiger charge is 2.34. The molecule has 2 aromatic heterocycles. The van der Waals surface area contributed by atoms with E-state index in [-0.39, 0.29) is 5.76 Å². The van der Waals surface area contributed by atoms with Crippen molar-refractivity contribution in [2.45, 2.75) is 25.0 Å². The summed E-state index contributed by atoms with van der Waals surface area (Å²) in [6.45, 7) is 2.56. The number of likely N-dealkylation sites (tertiary alicyclic amines) is 1. The van der Waals surface area contributed by atoms with Crippen molar-refractivity contribution >= 4 is 33.9 Å². The van der Waals surface area contributed by atoms with Crippen LogP contribution in [-0.2, 0) is 12.1 Å². The van der Waals surface area contributed by atoms with Crippen molar-refractivity contribution in [3.63, 3.8) is 0 Å². The monoisotopic (exact) mass is 492 g/mol. The van der Waals surface area contributed by atoms with Crippen LogP contribution in [0.5, 0.6) is 11.5 Å². The minimum absolute atomic E-state index is 0.180. The van der Waals surface area contributed by atoms with E-state index in [2.05, 4.69) is 27.0 Å². The first-order valence-corrected chi connectivity index (χ1v) is 12.4. The Morgan fingerprint density at radius 3 is 2.66 bits per heavy atom. The Morgan fingerprint density at radius 2 is 1.94 bits per heavy atom. The van der Waals surface area contributed by atoms with Gasteiger partial charge in [-0.3, -0.25) is 9.69 Å². The van der Waals surface area contributed by atoms with E-state index in [1.54, 1.807) is 42.7 Å². The molecule has 0 atom stereocenters. The predicted molar refractivity (Wildman–Crippen MR) is 136 cm³/mol. The summed E-state index contributed by atoms with van der Waals surface area (Å²) in [5.74, 6) is 0.907. The number of nitrogens with one attached hydrogen (secondary N) is 1. The lowest BCUT2D eigenvalue weighted by Gasteiger charge is -2.38. The molecule has 2 N–H and O–H groups in total. The fourth-order valence-corrected chi connectivity index (χ4v) is 5.21. The number of benzene rings is 2. The number of carbonyl (C=O) groups is 1. The van der Waals surface area contributed by atoms with Crippen LogP contribution in [0.3, 0.4) is 0 Å². The molecule has 1 aliphatic rings. The van der Waals surface area contributed by atoms with Gasteiger partial charge >= 0.3 is 0 Å². The molecule has 3 heterocycles. The number of carbonyl (C=O) groups excluding carboxylic acids is 1. The number of piperidine rings is 1. The summed E-state index contributed by atoms with van der Waals surface area (Å²) < 4.78 is 16.4. The van der Waals surface area contributed by atoms with Crippen molar-refractivity contribution < 1.29 is 23.8 Å². The maximum Gasteiger partial charge on any atom is 0.291 e. The Hall–Kier alpha value is -3.33. The van der Waals surface area contributed by atoms with Crippen molar-refractivity contribution in [2.24, 2.45) is 0 Å². The highest BCUT2D eigenvalue weighted by Crippen LogP contribution is 2.36. The fourth-order valence-electron chi connectivity index (χ4n) is 4.55. The molecule has 0 spiro atoms. The van der Waals surface area contributed by atoms with Crippen molar-refractivity contribution in [1.29, 1.82) is 0 Å². The average molecular weight is 493 g/mol. The Morgan fingerprint density at radius 1 is 1.11 bits per heavy atom. The van der Waals surface area contributed by atoms with Gasteiger partial charge < -0.3 is 24.3 Å². The van der Waals surface area contributed by atoms with Crippen LogP contribution in [0.2, 0.25) is 0 Å². The summed E-state index contributed by atoms with van der Waals surface area (Å²) in [5, 5.41) is 19.3. The lowest BCUT2D eigenvalue weighted by molar-refractivity contribution is -0.0276. The Kier molecular flexibility index (Phi) is 6.51. The lowest BCUT2D eigenvalue weighted by atomic mass is 9.84. The summed E-state index contributed by atoms with van der Waals surface area (Å²) in [6.07, 6.45) is 1.31. The molecule has 2 aromatic carbocycles. The van der Waals surface area contributed by atoms with Crippen molar-refractivity contribution in [3.05, 3.63) is 76.2 Å². The minimum Gasteiger partial charge on any atom is -0.497 e. The van der Waals surface area contributed by atoms with Crippen molar-refractivity contribution in [1.82, 2.24) is 4.90 Å². The zero-order valence-corrected chi connectivity index (χ0v) is 20.6. The molecule has 8 heteroatoms. The van der Waals surface area contributed by atoms with Gasteiger partial charge in [0.1, 0.15) is 17.1 Å². The van der Waals surface area contributed by atoms with E-state index in [4.69, 9.17) is 13.9 Å². The van der Waals surface area contributed by atoms with Gasteiger partial charge in [0.15, 0.2) is 5.76 Å². The van der Waals surface area contributed by atoms with Gasteiger partial charge in [0.05, 0.1) is 25.5 Å². The van der Waals surface area contributed by atoms with Gasteiger partial charge in [0, 0.05) is 31.1 Å². The molecule has 0 aliphatic carbocycles. The number of furan rings is 1. The summed E-state index contributed by atoms with van der Waals surface area (Å²) in [4.78, 5) is 15.3. The first-order chi connectivity index (χ1) is 17.0. The normalized spacial score (nSPS) is 15.7. The number of hydrogen-bond acceptors (Lipinski definition) is 7. The van der Waals surface area contributed by atoms with Gasteiger partial charge in [-0.25, -0.2) is 0 Å². The molecule has 0 saturated carbocycles. The maximum atomic E-state index is 12.9. The second-order valence-corrected chi connectivity index (χ2v) is 9.60. The summed E-state index contributed by atoms with van der Waals surface area (Å²) in [5.41, 5.74) is 2.35. The molecule has 1 saturated heterocycles. The van der Waals surface area contributed by atoms with Crippen LogP contribution >= 0.6 is 11.3 Å². The zero-order valence-electron chi connectivity index (χ0n) is 19.7. The van der Waals surface area contributed by atoms with Gasteiger partial charge in [0.2, 0.25) is 0 Å². The fraction of sp³-hybridized carbons (Fsp3) is 0.296. The van der Waals surface area contributed by atoms with Crippen LogP contribution in [0.15, 0.2) is 63.7 Å².